The number of aromatic nitrogens is 3. The van der Waals surface area contributed by atoms with Gasteiger partial charge in [-0.05, 0) is 89.6 Å². The van der Waals surface area contributed by atoms with Crippen LogP contribution in [0.3, 0.4) is 0 Å². The summed E-state index contributed by atoms with van der Waals surface area (Å²) < 4.78 is 0. The van der Waals surface area contributed by atoms with Crippen molar-refractivity contribution in [2.75, 3.05) is 0 Å². The van der Waals surface area contributed by atoms with Crippen LogP contribution in [0.25, 0.3) is 99.5 Å². The predicted octanol–water partition coefficient (Wildman–Crippen LogP) is 12.8. The van der Waals surface area contributed by atoms with E-state index in [1.807, 2.05) is 6.07 Å². The van der Waals surface area contributed by atoms with Crippen LogP contribution in [-0.2, 0) is 0 Å². The molecule has 0 radical (unpaired) electrons. The van der Waals surface area contributed by atoms with E-state index in [4.69, 9.17) is 15.0 Å². The van der Waals surface area contributed by atoms with Gasteiger partial charge in [0.25, 0.3) is 0 Å². The quantitative estimate of drug-likeness (QED) is 0.172. The molecule has 0 amide bonds. The molecule has 242 valence electrons. The van der Waals surface area contributed by atoms with E-state index in [1.165, 1.54) is 54.4 Å². The zero-order chi connectivity index (χ0) is 34.4. The molecule has 10 rings (SSSR count). The molecule has 0 spiro atoms. The van der Waals surface area contributed by atoms with Gasteiger partial charge in [0.2, 0.25) is 0 Å². The Morgan fingerprint density at radius 2 is 0.692 bits per heavy atom. The standard InChI is InChI=1S/C49H31N3/c1-2-10-32(11-3-1)36-23-24-38-29-41(27-25-37(38)28-36)48-50-47(40-16-8-15-39(30-40)45-19-9-14-33-12-4-6-17-43(33)45)51-49(52-48)42-26-22-35-21-20-34-13-5-7-18-44(34)46(35)31-42/h1-31H. The number of hydrogen-bond donors (Lipinski definition) is 0. The van der Waals surface area contributed by atoms with Gasteiger partial charge >= 0.3 is 0 Å². The number of rotatable bonds is 5. The fraction of sp³-hybridized carbons (Fsp3) is 0. The highest BCUT2D eigenvalue weighted by molar-refractivity contribution is 6.08. The van der Waals surface area contributed by atoms with Crippen molar-refractivity contribution in [2.45, 2.75) is 0 Å². The smallest absolute Gasteiger partial charge is 0.164 e. The molecule has 0 aliphatic rings. The predicted molar refractivity (Wildman–Crippen MR) is 217 cm³/mol. The van der Waals surface area contributed by atoms with Crippen LogP contribution in [0.5, 0.6) is 0 Å². The zero-order valence-electron chi connectivity index (χ0n) is 28.2. The molecule has 52 heavy (non-hydrogen) atoms. The van der Waals surface area contributed by atoms with Gasteiger partial charge in [0.15, 0.2) is 17.5 Å². The molecule has 0 aliphatic heterocycles. The molecule has 3 nitrogen and oxygen atoms in total. The lowest BCUT2D eigenvalue weighted by Crippen LogP contribution is -2.00. The lowest BCUT2D eigenvalue weighted by molar-refractivity contribution is 1.08. The Hall–Kier alpha value is -6.97. The third kappa shape index (κ3) is 5.37. The van der Waals surface area contributed by atoms with E-state index in [1.54, 1.807) is 0 Å². The first-order valence-corrected chi connectivity index (χ1v) is 17.6. The molecule has 3 heteroatoms. The lowest BCUT2D eigenvalue weighted by Gasteiger charge is -2.12. The van der Waals surface area contributed by atoms with Gasteiger partial charge in [-0.15, -0.1) is 0 Å². The van der Waals surface area contributed by atoms with Crippen molar-refractivity contribution in [3.05, 3.63) is 188 Å². The molecular weight excluding hydrogens is 631 g/mol. The Kier molecular flexibility index (Phi) is 7.14. The lowest BCUT2D eigenvalue weighted by atomic mass is 9.97. The highest BCUT2D eigenvalue weighted by Crippen LogP contribution is 2.34. The molecule has 0 atom stereocenters. The average Bonchev–Trinajstić information content (AvgIpc) is 3.23. The van der Waals surface area contributed by atoms with Gasteiger partial charge in [-0.1, -0.05) is 164 Å². The van der Waals surface area contributed by atoms with E-state index < -0.39 is 0 Å². The molecule has 9 aromatic carbocycles. The molecule has 1 aromatic heterocycles. The van der Waals surface area contributed by atoms with Crippen LogP contribution in [0.1, 0.15) is 0 Å². The first-order chi connectivity index (χ1) is 25.7. The van der Waals surface area contributed by atoms with Crippen LogP contribution >= 0.6 is 0 Å². The second-order valence-corrected chi connectivity index (χ2v) is 13.3. The Morgan fingerprint density at radius 1 is 0.231 bits per heavy atom. The van der Waals surface area contributed by atoms with Gasteiger partial charge in [-0.2, -0.15) is 0 Å². The summed E-state index contributed by atoms with van der Waals surface area (Å²) in [6.45, 7) is 0. The average molecular weight is 662 g/mol. The molecule has 0 fully saturated rings. The van der Waals surface area contributed by atoms with Gasteiger partial charge in [0.05, 0.1) is 0 Å². The first kappa shape index (κ1) is 29.9. The Bertz CT molecular complexity index is 2960. The van der Waals surface area contributed by atoms with E-state index in [0.717, 1.165) is 27.6 Å². The van der Waals surface area contributed by atoms with E-state index in [9.17, 15) is 0 Å². The van der Waals surface area contributed by atoms with Crippen molar-refractivity contribution < 1.29 is 0 Å². The van der Waals surface area contributed by atoms with Crippen molar-refractivity contribution in [1.29, 1.82) is 0 Å². The number of benzene rings is 9. The number of hydrogen-bond acceptors (Lipinski definition) is 3. The molecular formula is C49H31N3. The Balaban J connectivity index is 1.14. The van der Waals surface area contributed by atoms with Crippen molar-refractivity contribution >= 4 is 43.1 Å². The summed E-state index contributed by atoms with van der Waals surface area (Å²) in [5, 5.41) is 9.52. The molecule has 0 unspecified atom stereocenters. The molecule has 1 heterocycles. The minimum atomic E-state index is 0.639. The maximum absolute atomic E-state index is 5.17. The molecule has 0 saturated heterocycles. The normalized spacial score (nSPS) is 11.5. The van der Waals surface area contributed by atoms with Gasteiger partial charge in [0.1, 0.15) is 0 Å². The summed E-state index contributed by atoms with van der Waals surface area (Å²) in [7, 11) is 0. The van der Waals surface area contributed by atoms with E-state index >= 15 is 0 Å². The van der Waals surface area contributed by atoms with Crippen LogP contribution in [0.4, 0.5) is 0 Å². The SMILES string of the molecule is c1ccc(-c2ccc3cc(-c4nc(-c5cccc(-c6cccc7ccccc67)c5)nc(-c5ccc6ccc7ccccc7c6c5)n4)ccc3c2)cc1. The number of fused-ring (bicyclic) bond motifs is 5. The fourth-order valence-electron chi connectivity index (χ4n) is 7.40. The highest BCUT2D eigenvalue weighted by Gasteiger charge is 2.15. The van der Waals surface area contributed by atoms with E-state index in [2.05, 4.69) is 182 Å². The topological polar surface area (TPSA) is 38.7 Å². The minimum Gasteiger partial charge on any atom is -0.208 e. The minimum absolute atomic E-state index is 0.639. The van der Waals surface area contributed by atoms with Gasteiger partial charge in [-0.3, -0.25) is 0 Å². The Labute approximate surface area is 301 Å². The summed E-state index contributed by atoms with van der Waals surface area (Å²) in [5.74, 6) is 1.92. The molecule has 0 saturated carbocycles. The van der Waals surface area contributed by atoms with Crippen molar-refractivity contribution in [3.8, 4) is 56.4 Å². The monoisotopic (exact) mass is 661 g/mol. The summed E-state index contributed by atoms with van der Waals surface area (Å²) in [6, 6.07) is 66.5. The van der Waals surface area contributed by atoms with Crippen LogP contribution in [-0.4, -0.2) is 15.0 Å². The Morgan fingerprint density at radius 3 is 1.44 bits per heavy atom. The summed E-state index contributed by atoms with van der Waals surface area (Å²) >= 11 is 0. The molecule has 0 bridgehead atoms. The highest BCUT2D eigenvalue weighted by atomic mass is 15.0. The second kappa shape index (κ2) is 12.4. The molecule has 10 aromatic rings. The maximum atomic E-state index is 5.17. The van der Waals surface area contributed by atoms with Crippen molar-refractivity contribution in [2.24, 2.45) is 0 Å². The zero-order valence-corrected chi connectivity index (χ0v) is 28.2. The van der Waals surface area contributed by atoms with E-state index in [0.29, 0.717) is 17.5 Å². The largest absolute Gasteiger partial charge is 0.208 e. The third-order valence-electron chi connectivity index (χ3n) is 10.1. The summed E-state index contributed by atoms with van der Waals surface area (Å²) in [6.07, 6.45) is 0. The van der Waals surface area contributed by atoms with Gasteiger partial charge in [0, 0.05) is 16.7 Å². The van der Waals surface area contributed by atoms with Crippen LogP contribution < -0.4 is 0 Å². The number of nitrogens with zero attached hydrogens (tertiary/aromatic N) is 3. The summed E-state index contributed by atoms with van der Waals surface area (Å²) in [4.78, 5) is 15.5. The van der Waals surface area contributed by atoms with Gasteiger partial charge < -0.3 is 0 Å². The summed E-state index contributed by atoms with van der Waals surface area (Å²) in [5.41, 5.74) is 7.54. The molecule has 0 N–H and O–H groups in total. The van der Waals surface area contributed by atoms with Crippen LogP contribution in [0.2, 0.25) is 0 Å². The van der Waals surface area contributed by atoms with Gasteiger partial charge in [-0.25, -0.2) is 15.0 Å². The third-order valence-corrected chi connectivity index (χ3v) is 10.1. The van der Waals surface area contributed by atoms with Crippen LogP contribution in [0.15, 0.2) is 188 Å². The maximum Gasteiger partial charge on any atom is 0.164 e. The van der Waals surface area contributed by atoms with Crippen LogP contribution in [0, 0.1) is 0 Å². The second-order valence-electron chi connectivity index (χ2n) is 13.3. The van der Waals surface area contributed by atoms with Crippen molar-refractivity contribution in [1.82, 2.24) is 15.0 Å². The van der Waals surface area contributed by atoms with E-state index in [-0.39, 0.29) is 0 Å². The molecule has 0 aliphatic carbocycles. The fourth-order valence-corrected chi connectivity index (χ4v) is 7.40. The van der Waals surface area contributed by atoms with Crippen molar-refractivity contribution in [3.63, 3.8) is 0 Å². The first-order valence-electron chi connectivity index (χ1n) is 17.6.